The maximum Gasteiger partial charge on any atom is 0.244 e. The van der Waals surface area contributed by atoms with Gasteiger partial charge < -0.3 is 19.5 Å². The molecular weight excluding hydrogens is 404 g/mol. The number of nitrogens with one attached hydrogen (secondary N) is 1. The molecule has 6 nitrogen and oxygen atoms in total. The van der Waals surface area contributed by atoms with Gasteiger partial charge in [-0.2, -0.15) is 5.26 Å². The highest BCUT2D eigenvalue weighted by Crippen LogP contribution is 2.28. The van der Waals surface area contributed by atoms with Crippen LogP contribution in [-0.4, -0.2) is 19.6 Å². The van der Waals surface area contributed by atoms with Gasteiger partial charge >= 0.3 is 0 Å². The van der Waals surface area contributed by atoms with E-state index in [1.807, 2.05) is 60.7 Å². The number of carbonyl (C=O) groups excluding carboxylic acids is 1. The Morgan fingerprint density at radius 3 is 2.56 bits per heavy atom. The van der Waals surface area contributed by atoms with Crippen molar-refractivity contribution in [2.24, 2.45) is 0 Å². The van der Waals surface area contributed by atoms with Gasteiger partial charge in [-0.05, 0) is 47.0 Å². The van der Waals surface area contributed by atoms with Crippen LogP contribution in [0.15, 0.2) is 78.9 Å². The van der Waals surface area contributed by atoms with Crippen LogP contribution in [0.2, 0.25) is 0 Å². The number of hydrogen-bond acceptors (Lipinski definition) is 5. The molecule has 3 rings (SSSR count). The minimum atomic E-state index is -0.209. The van der Waals surface area contributed by atoms with Crippen molar-refractivity contribution in [3.05, 3.63) is 95.6 Å². The zero-order valence-electron chi connectivity index (χ0n) is 17.8. The number of methoxy groups -OCH3 is 1. The third-order valence-corrected chi connectivity index (χ3v) is 4.51. The maximum absolute atomic E-state index is 12.2. The van der Waals surface area contributed by atoms with Crippen molar-refractivity contribution in [3.8, 4) is 23.3 Å². The molecular formula is C26H24N2O4. The predicted octanol–water partition coefficient (Wildman–Crippen LogP) is 4.51. The van der Waals surface area contributed by atoms with Gasteiger partial charge in [-0.1, -0.05) is 48.5 Å². The van der Waals surface area contributed by atoms with Crippen LogP contribution in [0.25, 0.3) is 6.08 Å². The summed E-state index contributed by atoms with van der Waals surface area (Å²) in [7, 11) is 1.52. The van der Waals surface area contributed by atoms with Gasteiger partial charge in [-0.3, -0.25) is 4.79 Å². The van der Waals surface area contributed by atoms with Gasteiger partial charge in [0, 0.05) is 12.6 Å². The van der Waals surface area contributed by atoms with Crippen LogP contribution >= 0.6 is 0 Å². The lowest BCUT2D eigenvalue weighted by Crippen LogP contribution is -2.20. The van der Waals surface area contributed by atoms with E-state index in [1.54, 1.807) is 24.3 Å². The van der Waals surface area contributed by atoms with Crippen molar-refractivity contribution in [1.82, 2.24) is 5.32 Å². The summed E-state index contributed by atoms with van der Waals surface area (Å²) < 4.78 is 16.3. The fraction of sp³-hybridized carbons (Fsp3) is 0.154. The molecule has 162 valence electrons. The minimum absolute atomic E-state index is 0.0620. The van der Waals surface area contributed by atoms with Crippen LogP contribution in [0.5, 0.6) is 17.2 Å². The van der Waals surface area contributed by atoms with Crippen LogP contribution in [0.3, 0.4) is 0 Å². The summed E-state index contributed by atoms with van der Waals surface area (Å²) in [6.07, 6.45) is 3.16. The zero-order chi connectivity index (χ0) is 22.6. The summed E-state index contributed by atoms with van der Waals surface area (Å²) >= 11 is 0. The molecule has 0 aromatic heterocycles. The highest BCUT2D eigenvalue weighted by atomic mass is 16.5. The third-order valence-electron chi connectivity index (χ3n) is 4.51. The molecule has 0 heterocycles. The normalized spacial score (nSPS) is 10.4. The molecule has 0 radical (unpaired) electrons. The molecule has 0 atom stereocenters. The fourth-order valence-corrected chi connectivity index (χ4v) is 2.95. The SMILES string of the molecule is COc1cc(C=CC(=O)NCc2cccc(COc3ccccc3)c2)ccc1OCC#N. The highest BCUT2D eigenvalue weighted by molar-refractivity contribution is 5.91. The molecule has 0 saturated carbocycles. The standard InChI is InChI=1S/C26H24N2O4/c1-30-25-17-20(10-12-24(25)31-15-14-27)11-13-26(29)28-18-21-6-5-7-22(16-21)19-32-23-8-3-2-4-9-23/h2-13,16-17H,15,18-19H2,1H3,(H,28,29). The third kappa shape index (κ3) is 6.92. The first-order chi connectivity index (χ1) is 15.7. The van der Waals surface area contributed by atoms with Crippen molar-refractivity contribution in [2.75, 3.05) is 13.7 Å². The monoisotopic (exact) mass is 428 g/mol. The smallest absolute Gasteiger partial charge is 0.244 e. The van der Waals surface area contributed by atoms with Crippen LogP contribution < -0.4 is 19.5 Å². The van der Waals surface area contributed by atoms with Gasteiger partial charge in [0.15, 0.2) is 18.1 Å². The highest BCUT2D eigenvalue weighted by Gasteiger charge is 2.05. The van der Waals surface area contributed by atoms with Gasteiger partial charge in [0.05, 0.1) is 7.11 Å². The lowest BCUT2D eigenvalue weighted by atomic mass is 10.1. The quantitative estimate of drug-likeness (QED) is 0.481. The average Bonchev–Trinajstić information content (AvgIpc) is 2.84. The summed E-state index contributed by atoms with van der Waals surface area (Å²) in [4.78, 5) is 12.2. The minimum Gasteiger partial charge on any atom is -0.493 e. The van der Waals surface area contributed by atoms with E-state index in [1.165, 1.54) is 13.2 Å². The second-order valence-electron chi connectivity index (χ2n) is 6.83. The number of hydrogen-bond donors (Lipinski definition) is 1. The van der Waals surface area contributed by atoms with Crippen molar-refractivity contribution in [3.63, 3.8) is 0 Å². The molecule has 0 fully saturated rings. The zero-order valence-corrected chi connectivity index (χ0v) is 17.8. The van der Waals surface area contributed by atoms with Gasteiger partial charge in [0.1, 0.15) is 18.4 Å². The summed E-state index contributed by atoms with van der Waals surface area (Å²) in [6.45, 7) is 0.807. The lowest BCUT2D eigenvalue weighted by molar-refractivity contribution is -0.116. The van der Waals surface area contributed by atoms with Crippen molar-refractivity contribution in [1.29, 1.82) is 5.26 Å². The Morgan fingerprint density at radius 1 is 0.969 bits per heavy atom. The maximum atomic E-state index is 12.2. The van der Waals surface area contributed by atoms with Crippen molar-refractivity contribution in [2.45, 2.75) is 13.2 Å². The van der Waals surface area contributed by atoms with Crippen molar-refractivity contribution < 1.29 is 19.0 Å². The molecule has 1 amide bonds. The second kappa shape index (κ2) is 11.8. The Hall–Kier alpha value is -4.24. The summed E-state index contributed by atoms with van der Waals surface area (Å²) in [5, 5.41) is 11.5. The molecule has 0 bridgehead atoms. The Bertz CT molecular complexity index is 1100. The van der Waals surface area contributed by atoms with E-state index >= 15 is 0 Å². The summed E-state index contributed by atoms with van der Waals surface area (Å²) in [6, 6.07) is 24.7. The second-order valence-corrected chi connectivity index (χ2v) is 6.83. The molecule has 0 aliphatic carbocycles. The Balaban J connectivity index is 1.52. The van der Waals surface area contributed by atoms with Crippen LogP contribution in [-0.2, 0) is 17.9 Å². The van der Waals surface area contributed by atoms with E-state index in [4.69, 9.17) is 19.5 Å². The first-order valence-electron chi connectivity index (χ1n) is 10.1. The number of nitriles is 1. The molecule has 0 saturated heterocycles. The van der Waals surface area contributed by atoms with Crippen LogP contribution in [0.1, 0.15) is 16.7 Å². The Morgan fingerprint density at radius 2 is 1.78 bits per heavy atom. The number of benzene rings is 3. The molecule has 1 N–H and O–H groups in total. The molecule has 0 aliphatic rings. The molecule has 0 unspecified atom stereocenters. The lowest BCUT2D eigenvalue weighted by Gasteiger charge is -2.09. The topological polar surface area (TPSA) is 80.6 Å². The molecule has 0 spiro atoms. The molecule has 0 aliphatic heterocycles. The number of amides is 1. The molecule has 32 heavy (non-hydrogen) atoms. The van der Waals surface area contributed by atoms with E-state index < -0.39 is 0 Å². The van der Waals surface area contributed by atoms with Crippen molar-refractivity contribution >= 4 is 12.0 Å². The van der Waals surface area contributed by atoms with E-state index in [2.05, 4.69) is 5.32 Å². The predicted molar refractivity (Wildman–Crippen MR) is 122 cm³/mol. The van der Waals surface area contributed by atoms with Crippen LogP contribution in [0, 0.1) is 11.3 Å². The molecule has 6 heteroatoms. The molecule has 3 aromatic carbocycles. The first-order valence-corrected chi connectivity index (χ1v) is 10.1. The van der Waals surface area contributed by atoms with E-state index in [0.29, 0.717) is 24.7 Å². The number of nitrogens with zero attached hydrogens (tertiary/aromatic N) is 1. The largest absolute Gasteiger partial charge is 0.493 e. The van der Waals surface area contributed by atoms with Crippen LogP contribution in [0.4, 0.5) is 0 Å². The summed E-state index contributed by atoms with van der Waals surface area (Å²) in [5.74, 6) is 1.58. The van der Waals surface area contributed by atoms with Gasteiger partial charge in [0.25, 0.3) is 0 Å². The number of ether oxygens (including phenoxy) is 3. The summed E-state index contributed by atoms with van der Waals surface area (Å²) in [5.41, 5.74) is 2.80. The Labute approximate surface area is 187 Å². The van der Waals surface area contributed by atoms with Gasteiger partial charge in [-0.15, -0.1) is 0 Å². The number of rotatable bonds is 10. The first kappa shape index (κ1) is 22.4. The number of carbonyl (C=O) groups is 1. The average molecular weight is 428 g/mol. The molecule has 3 aromatic rings. The van der Waals surface area contributed by atoms with Gasteiger partial charge in [-0.25, -0.2) is 0 Å². The fourth-order valence-electron chi connectivity index (χ4n) is 2.95. The number of para-hydroxylation sites is 1. The van der Waals surface area contributed by atoms with E-state index in [-0.39, 0.29) is 12.5 Å². The Kier molecular flexibility index (Phi) is 8.29. The van der Waals surface area contributed by atoms with E-state index in [9.17, 15) is 4.79 Å². The van der Waals surface area contributed by atoms with Gasteiger partial charge in [0.2, 0.25) is 5.91 Å². The van der Waals surface area contributed by atoms with E-state index in [0.717, 1.165) is 22.4 Å².